The number of para-hydroxylation sites is 1. The van der Waals surface area contributed by atoms with Crippen molar-refractivity contribution in [3.63, 3.8) is 0 Å². The number of nitrogens with one attached hydrogen (secondary N) is 1. The molecule has 1 saturated heterocycles. The molecule has 2 aromatic rings. The van der Waals surface area contributed by atoms with Crippen LogP contribution in [0.5, 0.6) is 0 Å². The minimum atomic E-state index is -1.22. The molecule has 0 atom stereocenters. The summed E-state index contributed by atoms with van der Waals surface area (Å²) in [4.78, 5) is 24.1. The predicted octanol–water partition coefficient (Wildman–Crippen LogP) is 1.70. The molecule has 0 bridgehead atoms. The van der Waals surface area contributed by atoms with Crippen molar-refractivity contribution in [1.29, 1.82) is 0 Å². The Balaban J connectivity index is 1.80. The predicted molar refractivity (Wildman–Crippen MR) is 85.2 cm³/mol. The lowest BCUT2D eigenvalue weighted by molar-refractivity contribution is -0.152. The van der Waals surface area contributed by atoms with Crippen LogP contribution in [0.4, 0.5) is 0 Å². The molecule has 1 fully saturated rings. The maximum atomic E-state index is 12.4. The Labute approximate surface area is 134 Å². The molecule has 2 heterocycles. The number of fused-ring (bicyclic) bond motifs is 1. The van der Waals surface area contributed by atoms with E-state index in [1.54, 1.807) is 0 Å². The average molecular weight is 316 g/mol. The number of rotatable bonds is 4. The number of carboxylic acid groups (broad SMARTS) is 1. The summed E-state index contributed by atoms with van der Waals surface area (Å²) in [6.07, 6.45) is 0.582. The fourth-order valence-corrected chi connectivity index (χ4v) is 3.12. The summed E-state index contributed by atoms with van der Waals surface area (Å²) < 4.78 is 7.12. The van der Waals surface area contributed by atoms with Gasteiger partial charge in [0.1, 0.15) is 12.1 Å². The molecule has 1 amide bonds. The Morgan fingerprint density at radius 1 is 1.30 bits per heavy atom. The summed E-state index contributed by atoms with van der Waals surface area (Å²) in [5.41, 5.74) is 0.723. The lowest BCUT2D eigenvalue weighted by Crippen LogP contribution is -2.58. The highest BCUT2D eigenvalue weighted by molar-refractivity contribution is 5.88. The number of hydrogen-bond acceptors (Lipinski definition) is 3. The molecule has 1 aromatic carbocycles. The highest BCUT2D eigenvalue weighted by Gasteiger charge is 2.41. The molecule has 122 valence electrons. The van der Waals surface area contributed by atoms with Crippen molar-refractivity contribution in [3.8, 4) is 0 Å². The molecule has 0 radical (unpaired) electrons. The first-order valence-corrected chi connectivity index (χ1v) is 7.69. The van der Waals surface area contributed by atoms with E-state index in [-0.39, 0.29) is 12.5 Å². The lowest BCUT2D eigenvalue weighted by Gasteiger charge is -2.34. The van der Waals surface area contributed by atoms with Gasteiger partial charge in [0.25, 0.3) is 0 Å². The van der Waals surface area contributed by atoms with Gasteiger partial charge in [-0.05, 0) is 24.4 Å². The average Bonchev–Trinajstić information content (AvgIpc) is 2.84. The first-order chi connectivity index (χ1) is 11.0. The zero-order chi connectivity index (χ0) is 16.4. The van der Waals surface area contributed by atoms with Crippen LogP contribution < -0.4 is 5.32 Å². The van der Waals surface area contributed by atoms with Crippen molar-refractivity contribution < 1.29 is 19.4 Å². The Hall–Kier alpha value is -2.34. The molecular formula is C17H20N2O4. The summed E-state index contributed by atoms with van der Waals surface area (Å²) in [6, 6.07) is 9.84. The monoisotopic (exact) mass is 316 g/mol. The van der Waals surface area contributed by atoms with Gasteiger partial charge in [0.05, 0.1) is 0 Å². The van der Waals surface area contributed by atoms with Gasteiger partial charge in [0.2, 0.25) is 5.91 Å². The maximum absolute atomic E-state index is 12.4. The summed E-state index contributed by atoms with van der Waals surface area (Å²) in [5, 5.41) is 13.3. The standard InChI is InChI=1S/C17H20N2O4/c1-12-10-13-4-2-3-5-14(13)19(12)11-15(20)18-17(16(21)22)6-8-23-9-7-17/h2-5,10H,6-9,11H2,1H3,(H,18,20)(H,21,22). The van der Waals surface area contributed by atoms with Crippen molar-refractivity contribution in [2.45, 2.75) is 31.8 Å². The first kappa shape index (κ1) is 15.6. The number of carbonyl (C=O) groups is 2. The Bertz CT molecular complexity index is 744. The summed E-state index contributed by atoms with van der Waals surface area (Å²) in [5.74, 6) is -1.29. The van der Waals surface area contributed by atoms with Gasteiger partial charge in [-0.2, -0.15) is 0 Å². The second kappa shape index (κ2) is 6.04. The minimum Gasteiger partial charge on any atom is -0.480 e. The highest BCUT2D eigenvalue weighted by Crippen LogP contribution is 2.22. The van der Waals surface area contributed by atoms with Crippen LogP contribution in [-0.4, -0.2) is 40.3 Å². The zero-order valence-electron chi connectivity index (χ0n) is 13.0. The number of benzene rings is 1. The summed E-state index contributed by atoms with van der Waals surface area (Å²) in [6.45, 7) is 2.74. The Morgan fingerprint density at radius 2 is 2.00 bits per heavy atom. The van der Waals surface area contributed by atoms with Crippen LogP contribution in [-0.2, 0) is 20.9 Å². The number of carbonyl (C=O) groups excluding carboxylic acids is 1. The van der Waals surface area contributed by atoms with E-state index in [9.17, 15) is 14.7 Å². The van der Waals surface area contributed by atoms with Gasteiger partial charge in [-0.25, -0.2) is 4.79 Å². The third kappa shape index (κ3) is 2.94. The first-order valence-electron chi connectivity index (χ1n) is 7.69. The van der Waals surface area contributed by atoms with Gasteiger partial charge in [0, 0.05) is 37.3 Å². The molecule has 2 N–H and O–H groups in total. The molecule has 1 aromatic heterocycles. The van der Waals surface area contributed by atoms with Gasteiger partial charge >= 0.3 is 5.97 Å². The number of amides is 1. The SMILES string of the molecule is Cc1cc2ccccc2n1CC(=O)NC1(C(=O)O)CCOCC1. The van der Waals surface area contributed by atoms with Crippen molar-refractivity contribution >= 4 is 22.8 Å². The van der Waals surface area contributed by atoms with Crippen LogP contribution in [0.3, 0.4) is 0 Å². The lowest BCUT2D eigenvalue weighted by atomic mass is 9.90. The molecule has 1 aliphatic heterocycles. The number of ether oxygens (including phenoxy) is 1. The van der Waals surface area contributed by atoms with Crippen LogP contribution in [0.15, 0.2) is 30.3 Å². The van der Waals surface area contributed by atoms with Gasteiger partial charge < -0.3 is 19.7 Å². The Kier molecular flexibility index (Phi) is 4.09. The molecule has 0 saturated carbocycles. The van der Waals surface area contributed by atoms with E-state index >= 15 is 0 Å². The van der Waals surface area contributed by atoms with E-state index in [2.05, 4.69) is 5.32 Å². The van der Waals surface area contributed by atoms with Gasteiger partial charge in [-0.3, -0.25) is 4.79 Å². The smallest absolute Gasteiger partial charge is 0.329 e. The van der Waals surface area contributed by atoms with Crippen molar-refractivity contribution in [3.05, 3.63) is 36.0 Å². The van der Waals surface area contributed by atoms with Crippen molar-refractivity contribution in [2.75, 3.05) is 13.2 Å². The highest BCUT2D eigenvalue weighted by atomic mass is 16.5. The van der Waals surface area contributed by atoms with Gasteiger partial charge in [-0.15, -0.1) is 0 Å². The molecule has 0 aliphatic carbocycles. The van der Waals surface area contributed by atoms with Crippen LogP contribution in [0, 0.1) is 6.92 Å². The zero-order valence-corrected chi connectivity index (χ0v) is 13.0. The third-order valence-electron chi connectivity index (χ3n) is 4.45. The van der Waals surface area contributed by atoms with Crippen molar-refractivity contribution in [1.82, 2.24) is 9.88 Å². The van der Waals surface area contributed by atoms with E-state index in [1.165, 1.54) is 0 Å². The minimum absolute atomic E-state index is 0.106. The van der Waals surface area contributed by atoms with E-state index in [1.807, 2.05) is 41.8 Å². The molecule has 1 aliphatic rings. The number of aliphatic carboxylic acids is 1. The number of nitrogens with zero attached hydrogens (tertiary/aromatic N) is 1. The largest absolute Gasteiger partial charge is 0.480 e. The van der Waals surface area contributed by atoms with E-state index in [4.69, 9.17) is 4.74 Å². The van der Waals surface area contributed by atoms with Gasteiger partial charge in [0.15, 0.2) is 0 Å². The van der Waals surface area contributed by atoms with Crippen molar-refractivity contribution in [2.24, 2.45) is 0 Å². The maximum Gasteiger partial charge on any atom is 0.329 e. The van der Waals surface area contributed by atoms with Gasteiger partial charge in [-0.1, -0.05) is 18.2 Å². The molecule has 0 spiro atoms. The molecule has 6 nitrogen and oxygen atoms in total. The number of carboxylic acids is 1. The fourth-order valence-electron chi connectivity index (χ4n) is 3.12. The molecule has 3 rings (SSSR count). The number of aromatic nitrogens is 1. The summed E-state index contributed by atoms with van der Waals surface area (Å²) in [7, 11) is 0. The molecule has 6 heteroatoms. The fraction of sp³-hybridized carbons (Fsp3) is 0.412. The van der Waals surface area contributed by atoms with Crippen LogP contribution in [0.25, 0.3) is 10.9 Å². The summed E-state index contributed by atoms with van der Waals surface area (Å²) >= 11 is 0. The number of hydrogen-bond donors (Lipinski definition) is 2. The van der Waals surface area contributed by atoms with E-state index < -0.39 is 11.5 Å². The van der Waals surface area contributed by atoms with Crippen LogP contribution in [0.1, 0.15) is 18.5 Å². The normalized spacial score (nSPS) is 17.1. The second-order valence-electron chi connectivity index (χ2n) is 5.98. The molecule has 23 heavy (non-hydrogen) atoms. The van der Waals surface area contributed by atoms with E-state index in [0.29, 0.717) is 26.1 Å². The second-order valence-corrected chi connectivity index (χ2v) is 5.98. The van der Waals surface area contributed by atoms with E-state index in [0.717, 1.165) is 16.6 Å². The molecular weight excluding hydrogens is 296 g/mol. The Morgan fingerprint density at radius 3 is 2.70 bits per heavy atom. The van der Waals surface area contributed by atoms with Crippen LogP contribution >= 0.6 is 0 Å². The number of aryl methyl sites for hydroxylation is 1. The quantitative estimate of drug-likeness (QED) is 0.899. The van der Waals surface area contributed by atoms with Crippen LogP contribution in [0.2, 0.25) is 0 Å². The molecule has 0 unspecified atom stereocenters. The third-order valence-corrected chi connectivity index (χ3v) is 4.45. The topological polar surface area (TPSA) is 80.6 Å².